The van der Waals surface area contributed by atoms with E-state index in [0.29, 0.717) is 17.0 Å². The second-order valence-corrected chi connectivity index (χ2v) is 10.1. The fraction of sp³-hybridized carbons (Fsp3) is 0.364. The van der Waals surface area contributed by atoms with Crippen molar-refractivity contribution in [3.63, 3.8) is 0 Å². The van der Waals surface area contributed by atoms with E-state index in [1.165, 1.54) is 30.3 Å². The summed E-state index contributed by atoms with van der Waals surface area (Å²) in [6.45, 7) is -0.401. The summed E-state index contributed by atoms with van der Waals surface area (Å²) < 4.78 is 31.7. The zero-order valence-electron chi connectivity index (χ0n) is 18.7. The van der Waals surface area contributed by atoms with Crippen LogP contribution in [0, 0.1) is 0 Å². The van der Waals surface area contributed by atoms with Crippen molar-refractivity contribution in [3.05, 3.63) is 64.7 Å². The Balaban J connectivity index is 1.53. The molecule has 12 nitrogen and oxygen atoms in total. The Hall–Kier alpha value is -2.78. The van der Waals surface area contributed by atoms with Crippen molar-refractivity contribution >= 4 is 33.6 Å². The topological polar surface area (TPSA) is 195 Å². The highest BCUT2D eigenvalue weighted by Crippen LogP contribution is 2.20. The van der Waals surface area contributed by atoms with E-state index >= 15 is 0 Å². The summed E-state index contributed by atoms with van der Waals surface area (Å²) in [7, 11) is -4.32. The summed E-state index contributed by atoms with van der Waals surface area (Å²) in [6.07, 6.45) is -6.01. The van der Waals surface area contributed by atoms with Crippen LogP contribution in [-0.4, -0.2) is 84.6 Å². The molecule has 5 atom stereocenters. The fourth-order valence-electron chi connectivity index (χ4n) is 3.50. The highest BCUT2D eigenvalue weighted by molar-refractivity contribution is 7.90. The third kappa shape index (κ3) is 6.91. The largest absolute Gasteiger partial charge is 0.394 e. The number of halogens is 1. The number of sulfonamides is 1. The predicted octanol–water partition coefficient (Wildman–Crippen LogP) is -0.900. The normalized spacial score (nSPS) is 24.1. The first-order chi connectivity index (χ1) is 17.0. The molecule has 0 spiro atoms. The third-order valence-corrected chi connectivity index (χ3v) is 7.03. The highest BCUT2D eigenvalue weighted by atomic mass is 35.5. The van der Waals surface area contributed by atoms with Gasteiger partial charge in [0.2, 0.25) is 0 Å². The molecule has 0 aromatic heterocycles. The Morgan fingerprint density at radius 3 is 2.36 bits per heavy atom. The van der Waals surface area contributed by atoms with Gasteiger partial charge in [0, 0.05) is 17.1 Å². The van der Waals surface area contributed by atoms with Crippen molar-refractivity contribution in [1.82, 2.24) is 15.4 Å². The molecule has 1 aliphatic rings. The molecule has 1 saturated heterocycles. The summed E-state index contributed by atoms with van der Waals surface area (Å²) in [5.74, 6) is -0.301. The maximum atomic E-state index is 12.5. The molecular formula is C22H26ClN3O9S. The van der Waals surface area contributed by atoms with Crippen LogP contribution in [0.1, 0.15) is 15.9 Å². The van der Waals surface area contributed by atoms with Crippen molar-refractivity contribution in [2.45, 2.75) is 42.0 Å². The molecule has 196 valence electrons. The highest BCUT2D eigenvalue weighted by Gasteiger charge is 2.44. The second-order valence-electron chi connectivity index (χ2n) is 7.99. The van der Waals surface area contributed by atoms with E-state index < -0.39 is 53.3 Å². The number of aliphatic hydroxyl groups is 4. The molecule has 1 aliphatic heterocycles. The Kier molecular flexibility index (Phi) is 9.24. The van der Waals surface area contributed by atoms with Crippen LogP contribution in [-0.2, 0) is 21.2 Å². The van der Waals surface area contributed by atoms with Crippen LogP contribution in [0.15, 0.2) is 53.4 Å². The molecule has 7 N–H and O–H groups in total. The van der Waals surface area contributed by atoms with Gasteiger partial charge < -0.3 is 35.8 Å². The minimum atomic E-state index is -4.32. The fourth-order valence-corrected chi connectivity index (χ4v) is 4.61. The summed E-state index contributed by atoms with van der Waals surface area (Å²) in [6, 6.07) is 9.23. The molecule has 14 heteroatoms. The van der Waals surface area contributed by atoms with E-state index in [2.05, 4.69) is 5.32 Å². The summed E-state index contributed by atoms with van der Waals surface area (Å²) in [5, 5.41) is 44.1. The van der Waals surface area contributed by atoms with Crippen molar-refractivity contribution in [1.29, 1.82) is 0 Å². The lowest BCUT2D eigenvalue weighted by atomic mass is 9.97. The predicted molar refractivity (Wildman–Crippen MR) is 127 cm³/mol. The zero-order chi connectivity index (χ0) is 26.5. The van der Waals surface area contributed by atoms with Gasteiger partial charge in [-0.2, -0.15) is 0 Å². The minimum Gasteiger partial charge on any atom is -0.394 e. The van der Waals surface area contributed by atoms with Crippen LogP contribution in [0.3, 0.4) is 0 Å². The van der Waals surface area contributed by atoms with Gasteiger partial charge in [-0.05, 0) is 42.3 Å². The lowest BCUT2D eigenvalue weighted by Gasteiger charge is -2.40. The number of aliphatic hydroxyl groups excluding tert-OH is 4. The van der Waals surface area contributed by atoms with Crippen LogP contribution < -0.4 is 15.4 Å². The van der Waals surface area contributed by atoms with Crippen LogP contribution in [0.5, 0.6) is 0 Å². The lowest BCUT2D eigenvalue weighted by molar-refractivity contribution is -0.252. The number of hydrogen-bond acceptors (Lipinski definition) is 9. The average molecular weight is 544 g/mol. The van der Waals surface area contributed by atoms with Crippen LogP contribution >= 0.6 is 11.6 Å². The number of rotatable bonds is 8. The van der Waals surface area contributed by atoms with Gasteiger partial charge in [0.25, 0.3) is 15.9 Å². The summed E-state index contributed by atoms with van der Waals surface area (Å²) in [5.41, 5.74) is 1.14. The molecule has 0 aliphatic carbocycles. The Morgan fingerprint density at radius 2 is 1.72 bits per heavy atom. The average Bonchev–Trinajstić information content (AvgIpc) is 2.84. The summed E-state index contributed by atoms with van der Waals surface area (Å²) in [4.78, 5) is 24.1. The maximum absolute atomic E-state index is 12.5. The second kappa shape index (κ2) is 12.0. The Bertz CT molecular complexity index is 1180. The van der Waals surface area contributed by atoms with Gasteiger partial charge in [-0.3, -0.25) is 4.79 Å². The van der Waals surface area contributed by atoms with E-state index in [4.69, 9.17) is 21.4 Å². The smallest absolute Gasteiger partial charge is 0.329 e. The minimum absolute atomic E-state index is 0.231. The van der Waals surface area contributed by atoms with Gasteiger partial charge in [-0.1, -0.05) is 29.8 Å². The van der Waals surface area contributed by atoms with E-state index in [9.17, 15) is 33.3 Å². The molecule has 0 radical (unpaired) electrons. The number of benzene rings is 2. The molecular weight excluding hydrogens is 518 g/mol. The quantitative estimate of drug-likeness (QED) is 0.221. The molecule has 3 amide bonds. The molecule has 1 heterocycles. The Labute approximate surface area is 211 Å². The maximum Gasteiger partial charge on any atom is 0.329 e. The molecule has 0 bridgehead atoms. The van der Waals surface area contributed by atoms with Gasteiger partial charge in [0.1, 0.15) is 24.4 Å². The van der Waals surface area contributed by atoms with Crippen LogP contribution in [0.4, 0.5) is 4.79 Å². The number of urea groups is 1. The van der Waals surface area contributed by atoms with E-state index in [0.717, 1.165) is 5.56 Å². The molecule has 36 heavy (non-hydrogen) atoms. The number of nitrogens with one attached hydrogen (secondary N) is 3. The van der Waals surface area contributed by atoms with Gasteiger partial charge in [-0.25, -0.2) is 17.9 Å². The van der Waals surface area contributed by atoms with Gasteiger partial charge in [0.05, 0.1) is 11.5 Å². The third-order valence-electron chi connectivity index (χ3n) is 5.44. The van der Waals surface area contributed by atoms with Crippen molar-refractivity contribution < 1.29 is 43.2 Å². The molecule has 1 fully saturated rings. The molecule has 5 unspecified atom stereocenters. The molecule has 3 rings (SSSR count). The van der Waals surface area contributed by atoms with Gasteiger partial charge in [0.15, 0.2) is 6.29 Å². The standard InChI is InChI=1S/C22H26ClN3O9S/c23-14-3-1-2-13(10-14)20(30)24-9-8-12-4-6-15(7-5-12)36(33,34)26-22(32)25-17-19(29)18(28)16(11-27)35-21(17)31/h1-7,10,16-19,21,27-29,31H,8-9,11H2,(H,24,30)(H2,25,26,32). The van der Waals surface area contributed by atoms with Crippen molar-refractivity contribution in [3.8, 4) is 0 Å². The molecule has 2 aromatic carbocycles. The number of amides is 3. The van der Waals surface area contributed by atoms with Gasteiger partial charge in [-0.15, -0.1) is 0 Å². The monoisotopic (exact) mass is 543 g/mol. The first-order valence-electron chi connectivity index (χ1n) is 10.8. The number of ether oxygens (including phenoxy) is 1. The van der Waals surface area contributed by atoms with E-state index in [1.807, 2.05) is 5.32 Å². The molecule has 0 saturated carbocycles. The first-order valence-corrected chi connectivity index (χ1v) is 12.6. The van der Waals surface area contributed by atoms with Crippen molar-refractivity contribution in [2.75, 3.05) is 13.2 Å². The Morgan fingerprint density at radius 1 is 1.03 bits per heavy atom. The zero-order valence-corrected chi connectivity index (χ0v) is 20.3. The number of hydrogen-bond donors (Lipinski definition) is 7. The summed E-state index contributed by atoms with van der Waals surface area (Å²) >= 11 is 5.87. The first kappa shape index (κ1) is 27.8. The van der Waals surface area contributed by atoms with Crippen LogP contribution in [0.2, 0.25) is 5.02 Å². The SMILES string of the molecule is O=C(NC1C(O)OC(CO)C(O)C1O)NS(=O)(=O)c1ccc(CCNC(=O)c2cccc(Cl)c2)cc1. The lowest BCUT2D eigenvalue weighted by Crippen LogP contribution is -2.65. The molecule has 2 aromatic rings. The van der Waals surface area contributed by atoms with E-state index in [1.54, 1.807) is 22.9 Å². The number of carbonyl (C=O) groups excluding carboxylic acids is 2. The number of carbonyl (C=O) groups is 2. The van der Waals surface area contributed by atoms with Crippen LogP contribution in [0.25, 0.3) is 0 Å². The van der Waals surface area contributed by atoms with E-state index in [-0.39, 0.29) is 17.3 Å². The van der Waals surface area contributed by atoms with Crippen molar-refractivity contribution in [2.24, 2.45) is 0 Å². The van der Waals surface area contributed by atoms with Gasteiger partial charge >= 0.3 is 6.03 Å².